The van der Waals surface area contributed by atoms with Gasteiger partial charge in [0.05, 0.1) is 25.2 Å². The molecule has 1 N–H and O–H groups in total. The first kappa shape index (κ1) is 26.9. The van der Waals surface area contributed by atoms with E-state index >= 15 is 0 Å². The summed E-state index contributed by atoms with van der Waals surface area (Å²) in [6, 6.07) is 8.12. The number of hydrogen-bond acceptors (Lipinski definition) is 4. The highest BCUT2D eigenvalue weighted by Gasteiger charge is 2.50. The lowest BCUT2D eigenvalue weighted by atomic mass is 9.73. The van der Waals surface area contributed by atoms with Crippen molar-refractivity contribution in [1.82, 2.24) is 10.2 Å². The van der Waals surface area contributed by atoms with Gasteiger partial charge in [-0.15, -0.1) is 0 Å². The molecule has 1 unspecified atom stereocenters. The highest BCUT2D eigenvalue weighted by Crippen LogP contribution is 2.49. The van der Waals surface area contributed by atoms with Crippen molar-refractivity contribution in [1.29, 1.82) is 0 Å². The van der Waals surface area contributed by atoms with Crippen molar-refractivity contribution in [2.45, 2.75) is 77.2 Å². The number of ether oxygens (including phenoxy) is 2. The molecule has 1 fully saturated rings. The number of benzene rings is 2. The zero-order chi connectivity index (χ0) is 27.2. The summed E-state index contributed by atoms with van der Waals surface area (Å²) in [5.41, 5.74) is 2.65. The Balaban J connectivity index is 1.33. The lowest BCUT2D eigenvalue weighted by Crippen LogP contribution is -2.48. The molecular formula is C30H37F3N2O3. The van der Waals surface area contributed by atoms with Gasteiger partial charge in [-0.25, -0.2) is 0 Å². The number of nitrogens with zero attached hydrogens (tertiary/aromatic N) is 1. The number of amides is 1. The third-order valence-electron chi connectivity index (χ3n) is 9.10. The van der Waals surface area contributed by atoms with Crippen LogP contribution < -0.4 is 14.8 Å². The van der Waals surface area contributed by atoms with Crippen LogP contribution in [-0.4, -0.2) is 37.6 Å². The largest absolute Gasteiger partial charge is 0.496 e. The van der Waals surface area contributed by atoms with Gasteiger partial charge in [-0.05, 0) is 79.8 Å². The summed E-state index contributed by atoms with van der Waals surface area (Å²) in [7, 11) is 3.37. The highest BCUT2D eigenvalue weighted by atomic mass is 19.4. The van der Waals surface area contributed by atoms with Crippen molar-refractivity contribution in [2.24, 2.45) is 11.3 Å². The molecule has 0 spiro atoms. The maximum Gasteiger partial charge on any atom is 0.416 e. The van der Waals surface area contributed by atoms with Crippen LogP contribution in [0.2, 0.25) is 0 Å². The molecule has 38 heavy (non-hydrogen) atoms. The molecule has 1 aliphatic heterocycles. The molecule has 2 aromatic rings. The van der Waals surface area contributed by atoms with Gasteiger partial charge in [0.2, 0.25) is 5.91 Å². The second-order valence-corrected chi connectivity index (χ2v) is 11.3. The Morgan fingerprint density at radius 1 is 1.05 bits per heavy atom. The maximum atomic E-state index is 14.1. The van der Waals surface area contributed by atoms with Crippen LogP contribution in [0.15, 0.2) is 30.3 Å². The summed E-state index contributed by atoms with van der Waals surface area (Å²) >= 11 is 0. The van der Waals surface area contributed by atoms with E-state index < -0.39 is 17.2 Å². The van der Waals surface area contributed by atoms with Crippen LogP contribution in [0, 0.1) is 11.3 Å². The van der Waals surface area contributed by atoms with Crippen molar-refractivity contribution in [3.8, 4) is 11.5 Å². The fraction of sp³-hybridized carbons (Fsp3) is 0.567. The maximum absolute atomic E-state index is 14.1. The van der Waals surface area contributed by atoms with Gasteiger partial charge in [0.15, 0.2) is 0 Å². The topological polar surface area (TPSA) is 50.8 Å². The summed E-state index contributed by atoms with van der Waals surface area (Å²) in [5, 5.41) is 3.84. The van der Waals surface area contributed by atoms with Crippen molar-refractivity contribution in [3.05, 3.63) is 58.1 Å². The van der Waals surface area contributed by atoms with E-state index in [2.05, 4.69) is 19.2 Å². The third kappa shape index (κ3) is 4.65. The summed E-state index contributed by atoms with van der Waals surface area (Å²) in [5.74, 6) is 1.92. The zero-order valence-electron chi connectivity index (χ0n) is 22.6. The fourth-order valence-electron chi connectivity index (χ4n) is 6.92. The summed E-state index contributed by atoms with van der Waals surface area (Å²) in [6.07, 6.45) is 0.392. The molecule has 8 heteroatoms. The first-order chi connectivity index (χ1) is 18.1. The Kier molecular flexibility index (Phi) is 7.14. The Hall–Kier alpha value is -2.74. The molecule has 0 radical (unpaired) electrons. The molecule has 0 aromatic heterocycles. The molecule has 3 aliphatic rings. The van der Waals surface area contributed by atoms with E-state index in [0.29, 0.717) is 24.9 Å². The van der Waals surface area contributed by atoms with E-state index in [0.717, 1.165) is 54.4 Å². The summed E-state index contributed by atoms with van der Waals surface area (Å²) in [4.78, 5) is 15.9. The number of methoxy groups -OCH3 is 2. The molecule has 3 atom stereocenters. The van der Waals surface area contributed by atoms with Gasteiger partial charge >= 0.3 is 6.18 Å². The second kappa shape index (κ2) is 10.1. The van der Waals surface area contributed by atoms with Gasteiger partial charge in [-0.3, -0.25) is 4.79 Å². The van der Waals surface area contributed by atoms with Crippen molar-refractivity contribution in [2.75, 3.05) is 20.8 Å². The van der Waals surface area contributed by atoms with Gasteiger partial charge in [-0.2, -0.15) is 13.2 Å². The van der Waals surface area contributed by atoms with Gasteiger partial charge in [-0.1, -0.05) is 19.9 Å². The van der Waals surface area contributed by atoms with Gasteiger partial charge in [0.1, 0.15) is 11.5 Å². The van der Waals surface area contributed by atoms with Crippen LogP contribution >= 0.6 is 0 Å². The van der Waals surface area contributed by atoms with E-state index in [9.17, 15) is 18.0 Å². The third-order valence-corrected chi connectivity index (χ3v) is 9.10. The number of fused-ring (bicyclic) bond motifs is 2. The number of carbonyl (C=O) groups is 1. The number of rotatable bonds is 6. The molecule has 1 saturated carbocycles. The summed E-state index contributed by atoms with van der Waals surface area (Å²) in [6.45, 7) is 4.96. The van der Waals surface area contributed by atoms with E-state index in [-0.39, 0.29) is 30.5 Å². The average Bonchev–Trinajstić information content (AvgIpc) is 3.52. The van der Waals surface area contributed by atoms with Gasteiger partial charge in [0.25, 0.3) is 0 Å². The molecular weight excluding hydrogens is 493 g/mol. The Morgan fingerprint density at radius 2 is 1.79 bits per heavy atom. The number of halogens is 3. The predicted octanol–water partition coefficient (Wildman–Crippen LogP) is 6.08. The van der Waals surface area contributed by atoms with Crippen LogP contribution in [0.1, 0.15) is 73.4 Å². The molecule has 0 saturated heterocycles. The van der Waals surface area contributed by atoms with Crippen LogP contribution in [0.25, 0.3) is 0 Å². The Labute approximate surface area is 222 Å². The monoisotopic (exact) mass is 530 g/mol. The van der Waals surface area contributed by atoms with Crippen molar-refractivity contribution < 1.29 is 27.4 Å². The van der Waals surface area contributed by atoms with E-state index in [4.69, 9.17) is 9.47 Å². The standard InChI is InChI=1S/C30H37F3N2O3/c1-18(2)29(28(36)35-14-12-19-5-6-21(30(31,32)33)15-20(19)17-35)13-11-22(16-29)34-24-8-7-23-25(37-3)9-10-26(38-4)27(23)24/h5-6,9-10,15,18,22,24,34H,7-8,11-14,16-17H2,1-4H3/t22-,24?,29+/m1/s1. The minimum Gasteiger partial charge on any atom is -0.496 e. The fourth-order valence-corrected chi connectivity index (χ4v) is 6.92. The normalized spacial score (nSPS) is 24.9. The summed E-state index contributed by atoms with van der Waals surface area (Å²) < 4.78 is 51.2. The van der Waals surface area contributed by atoms with Crippen molar-refractivity contribution in [3.63, 3.8) is 0 Å². The molecule has 2 aromatic carbocycles. The molecule has 1 heterocycles. The van der Waals surface area contributed by atoms with Gasteiger partial charge in [0, 0.05) is 36.3 Å². The number of hydrogen-bond donors (Lipinski definition) is 1. The zero-order valence-corrected chi connectivity index (χ0v) is 22.6. The van der Waals surface area contributed by atoms with Crippen LogP contribution in [-0.2, 0) is 30.4 Å². The first-order valence-corrected chi connectivity index (χ1v) is 13.6. The number of alkyl halides is 3. The van der Waals surface area contributed by atoms with Crippen LogP contribution in [0.4, 0.5) is 13.2 Å². The SMILES string of the molecule is COc1ccc(OC)c2c1CCC2N[C@@H]1CC[C@@](C(=O)N2CCc3ccc(C(F)(F)F)cc3C2)(C(C)C)C1. The minimum atomic E-state index is -4.39. The lowest BCUT2D eigenvalue weighted by Gasteiger charge is -2.40. The smallest absolute Gasteiger partial charge is 0.416 e. The Morgan fingerprint density at radius 3 is 2.47 bits per heavy atom. The van der Waals surface area contributed by atoms with Gasteiger partial charge < -0.3 is 19.7 Å². The number of nitrogens with one attached hydrogen (secondary N) is 1. The first-order valence-electron chi connectivity index (χ1n) is 13.6. The number of carbonyl (C=O) groups excluding carboxylic acids is 1. The van der Waals surface area contributed by atoms with Crippen LogP contribution in [0.3, 0.4) is 0 Å². The van der Waals surface area contributed by atoms with E-state index in [1.54, 1.807) is 25.2 Å². The average molecular weight is 531 g/mol. The molecule has 1 amide bonds. The molecule has 2 aliphatic carbocycles. The molecule has 206 valence electrons. The quantitative estimate of drug-likeness (QED) is 0.492. The van der Waals surface area contributed by atoms with Crippen LogP contribution in [0.5, 0.6) is 11.5 Å². The molecule has 5 nitrogen and oxygen atoms in total. The predicted molar refractivity (Wildman–Crippen MR) is 139 cm³/mol. The Bertz CT molecular complexity index is 1210. The van der Waals surface area contributed by atoms with E-state index in [1.165, 1.54) is 11.6 Å². The molecule has 0 bridgehead atoms. The molecule has 5 rings (SSSR count). The van der Waals surface area contributed by atoms with E-state index in [1.807, 2.05) is 12.1 Å². The second-order valence-electron chi connectivity index (χ2n) is 11.3. The van der Waals surface area contributed by atoms with Crippen molar-refractivity contribution >= 4 is 5.91 Å². The lowest BCUT2D eigenvalue weighted by molar-refractivity contribution is -0.145. The highest BCUT2D eigenvalue weighted by molar-refractivity contribution is 5.84. The minimum absolute atomic E-state index is 0.0749.